The lowest BCUT2D eigenvalue weighted by molar-refractivity contribution is -0.123. The molecule has 0 spiro atoms. The van der Waals surface area contributed by atoms with Gasteiger partial charge >= 0.3 is 0 Å². The zero-order chi connectivity index (χ0) is 17.5. The van der Waals surface area contributed by atoms with E-state index in [2.05, 4.69) is 5.32 Å². The lowest BCUT2D eigenvalue weighted by atomic mass is 9.87. The fourth-order valence-corrected chi connectivity index (χ4v) is 2.64. The van der Waals surface area contributed by atoms with Gasteiger partial charge in [0.05, 0.1) is 12.5 Å². The molecule has 0 aliphatic heterocycles. The Bertz CT molecular complexity index is 673. The SMILES string of the molecule is CC(C)[C@@H](C(=O)NCCOc1ccccc1F)c1ccc(Cl)cc1. The number of hydrogen-bond donors (Lipinski definition) is 1. The summed E-state index contributed by atoms with van der Waals surface area (Å²) >= 11 is 5.90. The molecule has 0 saturated heterocycles. The Morgan fingerprint density at radius 2 is 1.83 bits per heavy atom. The summed E-state index contributed by atoms with van der Waals surface area (Å²) in [4.78, 5) is 12.5. The maximum Gasteiger partial charge on any atom is 0.227 e. The third kappa shape index (κ3) is 4.96. The summed E-state index contributed by atoms with van der Waals surface area (Å²) in [5.41, 5.74) is 0.918. The Kier molecular flexibility index (Phi) is 6.62. The van der Waals surface area contributed by atoms with Gasteiger partial charge in [0.1, 0.15) is 6.61 Å². The molecule has 0 unspecified atom stereocenters. The summed E-state index contributed by atoms with van der Waals surface area (Å²) in [5.74, 6) is -0.436. The van der Waals surface area contributed by atoms with Crippen LogP contribution in [0.2, 0.25) is 5.02 Å². The summed E-state index contributed by atoms with van der Waals surface area (Å²) in [7, 11) is 0. The lowest BCUT2D eigenvalue weighted by Crippen LogP contribution is -2.34. The number of hydrogen-bond acceptors (Lipinski definition) is 2. The number of benzene rings is 2. The van der Waals surface area contributed by atoms with Crippen molar-refractivity contribution >= 4 is 17.5 Å². The van der Waals surface area contributed by atoms with Gasteiger partial charge in [-0.3, -0.25) is 4.79 Å². The van der Waals surface area contributed by atoms with E-state index in [1.165, 1.54) is 6.07 Å². The first-order valence-electron chi connectivity index (χ1n) is 7.89. The van der Waals surface area contributed by atoms with Crippen LogP contribution < -0.4 is 10.1 Å². The maximum atomic E-state index is 13.4. The van der Waals surface area contributed by atoms with Gasteiger partial charge in [0, 0.05) is 5.02 Å². The number of halogens is 2. The van der Waals surface area contributed by atoms with E-state index in [1.807, 2.05) is 26.0 Å². The van der Waals surface area contributed by atoms with Crippen LogP contribution in [0.25, 0.3) is 0 Å². The van der Waals surface area contributed by atoms with E-state index in [9.17, 15) is 9.18 Å². The molecular formula is C19H21ClFNO2. The number of para-hydroxylation sites is 1. The van der Waals surface area contributed by atoms with Crippen molar-refractivity contribution in [3.8, 4) is 5.75 Å². The van der Waals surface area contributed by atoms with E-state index in [0.717, 1.165) is 5.56 Å². The smallest absolute Gasteiger partial charge is 0.227 e. The molecule has 0 aliphatic rings. The second kappa shape index (κ2) is 8.69. The van der Waals surface area contributed by atoms with E-state index in [1.54, 1.807) is 30.3 Å². The fourth-order valence-electron chi connectivity index (χ4n) is 2.52. The number of carbonyl (C=O) groups is 1. The van der Waals surface area contributed by atoms with E-state index >= 15 is 0 Å². The highest BCUT2D eigenvalue weighted by Gasteiger charge is 2.23. The van der Waals surface area contributed by atoms with Crippen molar-refractivity contribution in [3.63, 3.8) is 0 Å². The Labute approximate surface area is 146 Å². The molecule has 24 heavy (non-hydrogen) atoms. The number of carbonyl (C=O) groups excluding carboxylic acids is 1. The number of rotatable bonds is 7. The van der Waals surface area contributed by atoms with Crippen LogP contribution in [0.15, 0.2) is 48.5 Å². The van der Waals surface area contributed by atoms with Gasteiger partial charge in [-0.2, -0.15) is 0 Å². The van der Waals surface area contributed by atoms with Crippen molar-refractivity contribution in [1.29, 1.82) is 0 Å². The molecule has 0 radical (unpaired) electrons. The van der Waals surface area contributed by atoms with Crippen LogP contribution in [0.5, 0.6) is 5.75 Å². The highest BCUT2D eigenvalue weighted by Crippen LogP contribution is 2.26. The predicted octanol–water partition coefficient (Wildman–Crippen LogP) is 4.41. The average Bonchev–Trinajstić information content (AvgIpc) is 2.55. The Morgan fingerprint density at radius 3 is 2.46 bits per heavy atom. The van der Waals surface area contributed by atoms with Gasteiger partial charge in [-0.25, -0.2) is 4.39 Å². The molecule has 0 heterocycles. The van der Waals surface area contributed by atoms with E-state index in [0.29, 0.717) is 11.6 Å². The third-order valence-electron chi connectivity index (χ3n) is 3.67. The largest absolute Gasteiger partial charge is 0.489 e. The molecule has 1 N–H and O–H groups in total. The first kappa shape index (κ1) is 18.3. The third-order valence-corrected chi connectivity index (χ3v) is 3.93. The molecule has 5 heteroatoms. The molecule has 1 amide bonds. The summed E-state index contributed by atoms with van der Waals surface area (Å²) < 4.78 is 18.8. The van der Waals surface area contributed by atoms with E-state index < -0.39 is 5.82 Å². The summed E-state index contributed by atoms with van der Waals surface area (Å²) in [6.07, 6.45) is 0. The molecule has 2 aromatic carbocycles. The fraction of sp³-hybridized carbons (Fsp3) is 0.316. The summed E-state index contributed by atoms with van der Waals surface area (Å²) in [6.45, 7) is 4.51. The minimum Gasteiger partial charge on any atom is -0.489 e. The first-order valence-corrected chi connectivity index (χ1v) is 8.27. The van der Waals surface area contributed by atoms with Crippen LogP contribution in [-0.4, -0.2) is 19.1 Å². The molecule has 128 valence electrons. The quantitative estimate of drug-likeness (QED) is 0.752. The average molecular weight is 350 g/mol. The zero-order valence-corrected chi connectivity index (χ0v) is 14.5. The minimum absolute atomic E-state index is 0.0792. The number of amides is 1. The number of ether oxygens (including phenoxy) is 1. The molecule has 0 saturated carbocycles. The minimum atomic E-state index is -0.412. The van der Waals surface area contributed by atoms with Crippen molar-refractivity contribution in [2.75, 3.05) is 13.2 Å². The van der Waals surface area contributed by atoms with Crippen LogP contribution in [0.3, 0.4) is 0 Å². The van der Waals surface area contributed by atoms with Gasteiger partial charge in [-0.15, -0.1) is 0 Å². The topological polar surface area (TPSA) is 38.3 Å². The molecule has 2 rings (SSSR count). The second-order valence-electron chi connectivity index (χ2n) is 5.84. The van der Waals surface area contributed by atoms with Crippen molar-refractivity contribution in [2.24, 2.45) is 5.92 Å². The van der Waals surface area contributed by atoms with Crippen molar-refractivity contribution in [1.82, 2.24) is 5.32 Å². The van der Waals surface area contributed by atoms with E-state index in [4.69, 9.17) is 16.3 Å². The molecule has 3 nitrogen and oxygen atoms in total. The number of nitrogens with one attached hydrogen (secondary N) is 1. The van der Waals surface area contributed by atoms with Gasteiger partial charge in [-0.1, -0.05) is 49.7 Å². The van der Waals surface area contributed by atoms with Gasteiger partial charge < -0.3 is 10.1 Å². The Balaban J connectivity index is 1.89. The van der Waals surface area contributed by atoms with Crippen LogP contribution in [0, 0.1) is 11.7 Å². The second-order valence-corrected chi connectivity index (χ2v) is 6.28. The Morgan fingerprint density at radius 1 is 1.17 bits per heavy atom. The monoisotopic (exact) mass is 349 g/mol. The van der Waals surface area contributed by atoms with Crippen LogP contribution in [0.1, 0.15) is 25.3 Å². The van der Waals surface area contributed by atoms with Crippen LogP contribution in [0.4, 0.5) is 4.39 Å². The standard InChI is InChI=1S/C19H21ClFNO2/c1-13(2)18(14-7-9-15(20)10-8-14)19(23)22-11-12-24-17-6-4-3-5-16(17)21/h3-10,13,18H,11-12H2,1-2H3,(H,22,23)/t18-/m1/s1. The van der Waals surface area contributed by atoms with Crippen LogP contribution in [-0.2, 0) is 4.79 Å². The molecule has 0 aliphatic carbocycles. The first-order chi connectivity index (χ1) is 11.5. The molecule has 2 aromatic rings. The molecular weight excluding hydrogens is 329 g/mol. The summed E-state index contributed by atoms with van der Waals surface area (Å²) in [6, 6.07) is 13.5. The summed E-state index contributed by atoms with van der Waals surface area (Å²) in [5, 5.41) is 3.49. The van der Waals surface area contributed by atoms with Crippen LogP contribution >= 0.6 is 11.6 Å². The van der Waals surface area contributed by atoms with Gasteiger partial charge in [0.15, 0.2) is 11.6 Å². The maximum absolute atomic E-state index is 13.4. The normalized spacial score (nSPS) is 12.0. The van der Waals surface area contributed by atoms with Crippen molar-refractivity contribution in [2.45, 2.75) is 19.8 Å². The molecule has 0 aromatic heterocycles. The van der Waals surface area contributed by atoms with Crippen molar-refractivity contribution in [3.05, 3.63) is 64.9 Å². The lowest BCUT2D eigenvalue weighted by Gasteiger charge is -2.21. The van der Waals surface area contributed by atoms with E-state index in [-0.39, 0.29) is 30.1 Å². The molecule has 1 atom stereocenters. The van der Waals surface area contributed by atoms with Gasteiger partial charge in [0.25, 0.3) is 0 Å². The van der Waals surface area contributed by atoms with Crippen molar-refractivity contribution < 1.29 is 13.9 Å². The predicted molar refractivity (Wildman–Crippen MR) is 93.9 cm³/mol. The van der Waals surface area contributed by atoms with Gasteiger partial charge in [-0.05, 0) is 35.7 Å². The zero-order valence-electron chi connectivity index (χ0n) is 13.8. The molecule has 0 fully saturated rings. The highest BCUT2D eigenvalue weighted by molar-refractivity contribution is 6.30. The highest BCUT2D eigenvalue weighted by atomic mass is 35.5. The van der Waals surface area contributed by atoms with Gasteiger partial charge in [0.2, 0.25) is 5.91 Å². The molecule has 0 bridgehead atoms. The Hall–Kier alpha value is -2.07.